The number of unbranched alkanes of at least 4 members (excludes halogenated alkanes) is 1. The fourth-order valence-electron chi connectivity index (χ4n) is 6.12. The van der Waals surface area contributed by atoms with Crippen LogP contribution in [0.15, 0.2) is 42.5 Å². The summed E-state index contributed by atoms with van der Waals surface area (Å²) < 4.78 is 11.2. The number of likely N-dealkylation sites (tertiary alicyclic amines) is 1. The number of rotatable bonds is 13. The summed E-state index contributed by atoms with van der Waals surface area (Å²) in [4.78, 5) is 30.1. The predicted molar refractivity (Wildman–Crippen MR) is 148 cm³/mol. The van der Waals surface area contributed by atoms with Crippen molar-refractivity contribution >= 4 is 11.9 Å². The minimum Gasteiger partial charge on any atom is -0.496 e. The minimum absolute atomic E-state index is 0.0859. The molecule has 1 fully saturated rings. The van der Waals surface area contributed by atoms with Crippen LogP contribution in [0, 0.1) is 5.92 Å². The van der Waals surface area contributed by atoms with Crippen LogP contribution in [0.5, 0.6) is 11.5 Å². The molecule has 38 heavy (non-hydrogen) atoms. The Balaban J connectivity index is 1.57. The molecule has 7 nitrogen and oxygen atoms in total. The smallest absolute Gasteiger partial charge is 0.308 e. The Bertz CT molecular complexity index is 1100. The van der Waals surface area contributed by atoms with E-state index in [2.05, 4.69) is 24.0 Å². The third-order valence-electron chi connectivity index (χ3n) is 8.17. The predicted octanol–water partition coefficient (Wildman–Crippen LogP) is 4.77. The van der Waals surface area contributed by atoms with E-state index >= 15 is 0 Å². The van der Waals surface area contributed by atoms with Crippen LogP contribution in [-0.4, -0.2) is 72.7 Å². The molecular weight excluding hydrogens is 480 g/mol. The molecule has 0 spiro atoms. The van der Waals surface area contributed by atoms with Crippen molar-refractivity contribution < 1.29 is 24.2 Å². The lowest BCUT2D eigenvalue weighted by Crippen LogP contribution is -2.44. The first-order chi connectivity index (χ1) is 18.5. The molecule has 2 aliphatic heterocycles. The van der Waals surface area contributed by atoms with Gasteiger partial charge in [-0.25, -0.2) is 0 Å². The normalized spacial score (nSPS) is 20.7. The van der Waals surface area contributed by atoms with Crippen molar-refractivity contribution in [3.05, 3.63) is 59.2 Å². The maximum Gasteiger partial charge on any atom is 0.308 e. The second-order valence-corrected chi connectivity index (χ2v) is 10.5. The molecule has 2 aliphatic rings. The number of fused-ring (bicyclic) bond motifs is 1. The zero-order valence-electron chi connectivity index (χ0n) is 23.0. The second-order valence-electron chi connectivity index (χ2n) is 10.5. The van der Waals surface area contributed by atoms with Gasteiger partial charge in [0.15, 0.2) is 0 Å². The number of ether oxygens (including phenoxy) is 2. The zero-order valence-corrected chi connectivity index (χ0v) is 23.0. The lowest BCUT2D eigenvalue weighted by Gasteiger charge is -2.29. The van der Waals surface area contributed by atoms with E-state index in [4.69, 9.17) is 9.47 Å². The van der Waals surface area contributed by atoms with Gasteiger partial charge in [-0.05, 0) is 61.4 Å². The first kappa shape index (κ1) is 28.0. The second kappa shape index (κ2) is 13.1. The third kappa shape index (κ3) is 6.32. The summed E-state index contributed by atoms with van der Waals surface area (Å²) in [6, 6.07) is 13.9. The highest BCUT2D eigenvalue weighted by Crippen LogP contribution is 2.41. The zero-order chi connectivity index (χ0) is 27.1. The number of para-hydroxylation sites is 1. The molecule has 0 aromatic heterocycles. The van der Waals surface area contributed by atoms with Gasteiger partial charge in [-0.1, -0.05) is 43.7 Å². The first-order valence-electron chi connectivity index (χ1n) is 14.1. The molecule has 2 heterocycles. The minimum atomic E-state index is -0.790. The van der Waals surface area contributed by atoms with Gasteiger partial charge in [0, 0.05) is 38.0 Å². The molecule has 1 saturated heterocycles. The van der Waals surface area contributed by atoms with Gasteiger partial charge in [0.1, 0.15) is 11.5 Å². The molecule has 7 heteroatoms. The standard InChI is InChI=1S/C31H42N2O5/c1-4-6-17-32(5-2)29(34)21-33-20-25(23-14-15-28-24(19-23)16-18-38-28)30(31(35)36)26(33)12-9-11-22-10-7-8-13-27(22)37-3/h7-8,10,13-15,19,25-26,30H,4-6,9,11-12,16-18,20-21H2,1-3H3,(H,35,36)/t25-,26+,30-/m1/s1. The van der Waals surface area contributed by atoms with Crippen LogP contribution in [0.2, 0.25) is 0 Å². The third-order valence-corrected chi connectivity index (χ3v) is 8.17. The molecule has 0 aliphatic carbocycles. The molecule has 2 aromatic carbocycles. The Hall–Kier alpha value is -3.06. The molecule has 0 saturated carbocycles. The number of hydrogen-bond acceptors (Lipinski definition) is 5. The number of likely N-dealkylation sites (N-methyl/N-ethyl adjacent to an activating group) is 1. The molecule has 3 atom stereocenters. The summed E-state index contributed by atoms with van der Waals surface area (Å²) in [5.74, 6) is 0.298. The Kier molecular flexibility index (Phi) is 9.67. The van der Waals surface area contributed by atoms with Crippen molar-refractivity contribution in [1.82, 2.24) is 9.80 Å². The molecule has 2 aromatic rings. The van der Waals surface area contributed by atoms with Gasteiger partial charge >= 0.3 is 5.97 Å². The van der Waals surface area contributed by atoms with Gasteiger partial charge in [0.25, 0.3) is 0 Å². The number of aliphatic carboxylic acids is 1. The topological polar surface area (TPSA) is 79.3 Å². The van der Waals surface area contributed by atoms with Gasteiger partial charge < -0.3 is 19.5 Å². The molecule has 0 radical (unpaired) electrons. The summed E-state index contributed by atoms with van der Waals surface area (Å²) in [7, 11) is 1.67. The van der Waals surface area contributed by atoms with Crippen LogP contribution in [0.4, 0.5) is 0 Å². The average molecular weight is 523 g/mol. The summed E-state index contributed by atoms with van der Waals surface area (Å²) >= 11 is 0. The number of carboxylic acids is 1. The lowest BCUT2D eigenvalue weighted by atomic mass is 9.83. The van der Waals surface area contributed by atoms with Crippen molar-refractivity contribution in [1.29, 1.82) is 0 Å². The number of carboxylic acid groups (broad SMARTS) is 1. The summed E-state index contributed by atoms with van der Waals surface area (Å²) in [5, 5.41) is 10.5. The van der Waals surface area contributed by atoms with Gasteiger partial charge in [-0.15, -0.1) is 0 Å². The van der Waals surface area contributed by atoms with E-state index in [1.54, 1.807) is 7.11 Å². The van der Waals surface area contributed by atoms with E-state index in [0.717, 1.165) is 66.8 Å². The molecule has 4 rings (SSSR count). The summed E-state index contributed by atoms with van der Waals surface area (Å²) in [6.45, 7) is 7.04. The number of hydrogen-bond donors (Lipinski definition) is 1. The maximum absolute atomic E-state index is 13.3. The Morgan fingerprint density at radius 2 is 1.97 bits per heavy atom. The molecular formula is C31H42N2O5. The fraction of sp³-hybridized carbons (Fsp3) is 0.548. The lowest BCUT2D eigenvalue weighted by molar-refractivity contribution is -0.143. The Morgan fingerprint density at radius 1 is 1.16 bits per heavy atom. The highest BCUT2D eigenvalue weighted by molar-refractivity contribution is 5.79. The van der Waals surface area contributed by atoms with Crippen LogP contribution in [0.25, 0.3) is 0 Å². The molecule has 1 N–H and O–H groups in total. The van der Waals surface area contributed by atoms with Crippen molar-refractivity contribution in [2.75, 3.05) is 39.9 Å². The average Bonchev–Trinajstić information content (AvgIpc) is 3.53. The van der Waals surface area contributed by atoms with Gasteiger partial charge in [-0.3, -0.25) is 14.5 Å². The number of carbonyl (C=O) groups is 2. The van der Waals surface area contributed by atoms with E-state index in [1.807, 2.05) is 42.2 Å². The van der Waals surface area contributed by atoms with Crippen molar-refractivity contribution in [3.63, 3.8) is 0 Å². The SMILES string of the molecule is CCCCN(CC)C(=O)CN1C[C@H](c2ccc3c(c2)CCO3)[C@@H](C(=O)O)[C@@H]1CCCc1ccccc1OC. The van der Waals surface area contributed by atoms with Crippen LogP contribution >= 0.6 is 0 Å². The monoisotopic (exact) mass is 522 g/mol. The number of aryl methyl sites for hydroxylation is 1. The number of benzene rings is 2. The van der Waals surface area contributed by atoms with Crippen molar-refractivity contribution in [2.24, 2.45) is 5.92 Å². The van der Waals surface area contributed by atoms with Crippen molar-refractivity contribution in [2.45, 2.75) is 64.3 Å². The van der Waals surface area contributed by atoms with Crippen molar-refractivity contribution in [3.8, 4) is 11.5 Å². The Morgan fingerprint density at radius 3 is 2.71 bits per heavy atom. The quantitative estimate of drug-likeness (QED) is 0.408. The van der Waals surface area contributed by atoms with E-state index < -0.39 is 11.9 Å². The van der Waals surface area contributed by atoms with Gasteiger partial charge in [0.05, 0.1) is 26.2 Å². The van der Waals surface area contributed by atoms with E-state index in [9.17, 15) is 14.7 Å². The fourth-order valence-corrected chi connectivity index (χ4v) is 6.12. The Labute approximate surface area is 226 Å². The first-order valence-corrected chi connectivity index (χ1v) is 14.1. The van der Waals surface area contributed by atoms with Crippen LogP contribution in [0.3, 0.4) is 0 Å². The highest BCUT2D eigenvalue weighted by atomic mass is 16.5. The van der Waals surface area contributed by atoms with Gasteiger partial charge in [-0.2, -0.15) is 0 Å². The van der Waals surface area contributed by atoms with E-state index in [0.29, 0.717) is 26.1 Å². The molecule has 0 unspecified atom stereocenters. The number of amides is 1. The van der Waals surface area contributed by atoms with Gasteiger partial charge in [0.2, 0.25) is 5.91 Å². The van der Waals surface area contributed by atoms with Crippen LogP contribution in [-0.2, 0) is 22.4 Å². The van der Waals surface area contributed by atoms with Crippen LogP contribution < -0.4 is 9.47 Å². The molecule has 206 valence electrons. The number of nitrogens with zero attached hydrogens (tertiary/aromatic N) is 2. The summed E-state index contributed by atoms with van der Waals surface area (Å²) in [5.41, 5.74) is 3.30. The molecule has 0 bridgehead atoms. The molecule has 1 amide bonds. The number of methoxy groups -OCH3 is 1. The van der Waals surface area contributed by atoms with E-state index in [1.165, 1.54) is 0 Å². The summed E-state index contributed by atoms with van der Waals surface area (Å²) in [6.07, 6.45) is 5.17. The van der Waals surface area contributed by atoms with Crippen LogP contribution in [0.1, 0.15) is 62.1 Å². The maximum atomic E-state index is 13.3. The number of carbonyl (C=O) groups excluding carboxylic acids is 1. The highest BCUT2D eigenvalue weighted by Gasteiger charge is 2.47. The van der Waals surface area contributed by atoms with E-state index in [-0.39, 0.29) is 24.4 Å². The largest absolute Gasteiger partial charge is 0.496 e.